The quantitative estimate of drug-likeness (QED) is 0.623. The van der Waals surface area contributed by atoms with E-state index in [9.17, 15) is 8.42 Å². The van der Waals surface area contributed by atoms with Crippen LogP contribution in [0.3, 0.4) is 0 Å². The Hall–Kier alpha value is -0.960. The summed E-state index contributed by atoms with van der Waals surface area (Å²) < 4.78 is 32.0. The van der Waals surface area contributed by atoms with E-state index in [-0.39, 0.29) is 5.03 Å². The van der Waals surface area contributed by atoms with Crippen molar-refractivity contribution >= 4 is 10.0 Å². The number of aromatic nitrogens is 2. The molecule has 20 heavy (non-hydrogen) atoms. The van der Waals surface area contributed by atoms with Crippen LogP contribution in [0.5, 0.6) is 0 Å². The number of H-pyrrole nitrogens is 1. The molecule has 0 unspecified atom stereocenters. The summed E-state index contributed by atoms with van der Waals surface area (Å²) >= 11 is 0. The molecule has 7 nitrogen and oxygen atoms in total. The lowest BCUT2D eigenvalue weighted by molar-refractivity contribution is 0.0322. The Morgan fingerprint density at radius 2 is 2.20 bits per heavy atom. The number of imidazole rings is 1. The molecule has 0 aromatic carbocycles. The van der Waals surface area contributed by atoms with Crippen molar-refractivity contribution in [2.75, 3.05) is 26.2 Å². The second kappa shape index (κ2) is 7.16. The third-order valence-electron chi connectivity index (χ3n) is 3.22. The lowest BCUT2D eigenvalue weighted by atomic mass is 10.1. The SMILES string of the molecule is Cc1ncc(S(=O)(=O)NCCCOC2CCNCC2)[nH]1. The average Bonchev–Trinajstić information content (AvgIpc) is 2.87. The Morgan fingerprint density at radius 3 is 2.85 bits per heavy atom. The molecule has 1 aromatic rings. The zero-order chi connectivity index (χ0) is 14.4. The number of hydrogen-bond acceptors (Lipinski definition) is 5. The zero-order valence-electron chi connectivity index (χ0n) is 11.7. The normalized spacial score (nSPS) is 17.4. The summed E-state index contributed by atoms with van der Waals surface area (Å²) in [6.07, 6.45) is 4.35. The Labute approximate surface area is 119 Å². The summed E-state index contributed by atoms with van der Waals surface area (Å²) in [5.74, 6) is 0.583. The van der Waals surface area contributed by atoms with Gasteiger partial charge >= 0.3 is 0 Å². The van der Waals surface area contributed by atoms with Gasteiger partial charge in [-0.3, -0.25) is 0 Å². The van der Waals surface area contributed by atoms with E-state index in [4.69, 9.17) is 4.74 Å². The summed E-state index contributed by atoms with van der Waals surface area (Å²) in [4.78, 5) is 6.59. The molecule has 2 rings (SSSR count). The largest absolute Gasteiger partial charge is 0.378 e. The number of hydrogen-bond donors (Lipinski definition) is 3. The molecule has 0 saturated carbocycles. The van der Waals surface area contributed by atoms with E-state index in [0.29, 0.717) is 31.5 Å². The van der Waals surface area contributed by atoms with E-state index >= 15 is 0 Å². The highest BCUT2D eigenvalue weighted by Crippen LogP contribution is 2.08. The standard InChI is InChI=1S/C12H22N4O3S/c1-10-14-9-12(16-10)20(17,18)15-5-2-8-19-11-3-6-13-7-4-11/h9,11,13,15H,2-8H2,1H3,(H,14,16). The molecule has 0 amide bonds. The minimum Gasteiger partial charge on any atom is -0.378 e. The van der Waals surface area contributed by atoms with Gasteiger partial charge in [-0.2, -0.15) is 0 Å². The van der Waals surface area contributed by atoms with Gasteiger partial charge in [-0.1, -0.05) is 0 Å². The third kappa shape index (κ3) is 4.55. The maximum absolute atomic E-state index is 11.9. The second-order valence-electron chi connectivity index (χ2n) is 4.90. The minimum atomic E-state index is -3.48. The number of rotatable bonds is 7. The molecule has 114 valence electrons. The van der Waals surface area contributed by atoms with E-state index in [2.05, 4.69) is 20.0 Å². The van der Waals surface area contributed by atoms with E-state index < -0.39 is 10.0 Å². The van der Waals surface area contributed by atoms with Gasteiger partial charge in [0.15, 0.2) is 5.03 Å². The van der Waals surface area contributed by atoms with E-state index in [1.165, 1.54) is 6.20 Å². The van der Waals surface area contributed by atoms with Gasteiger partial charge in [-0.25, -0.2) is 18.1 Å². The van der Waals surface area contributed by atoms with Crippen LogP contribution in [0.1, 0.15) is 25.1 Å². The van der Waals surface area contributed by atoms with Gasteiger partial charge in [-0.15, -0.1) is 0 Å². The average molecular weight is 302 g/mol. The van der Waals surface area contributed by atoms with E-state index in [1.54, 1.807) is 6.92 Å². The van der Waals surface area contributed by atoms with Crippen LogP contribution < -0.4 is 10.0 Å². The molecule has 0 radical (unpaired) electrons. The van der Waals surface area contributed by atoms with Crippen molar-refractivity contribution in [3.63, 3.8) is 0 Å². The summed E-state index contributed by atoms with van der Waals surface area (Å²) in [6.45, 7) is 4.65. The molecule has 0 atom stereocenters. The first-order valence-corrected chi connectivity index (χ1v) is 8.40. The number of aryl methyl sites for hydroxylation is 1. The lowest BCUT2D eigenvalue weighted by Gasteiger charge is -2.22. The number of piperidine rings is 1. The second-order valence-corrected chi connectivity index (χ2v) is 6.64. The van der Waals surface area contributed by atoms with Crippen LogP contribution in [0.2, 0.25) is 0 Å². The first-order chi connectivity index (χ1) is 9.58. The highest BCUT2D eigenvalue weighted by molar-refractivity contribution is 7.89. The van der Waals surface area contributed by atoms with Crippen LogP contribution in [0, 0.1) is 6.92 Å². The van der Waals surface area contributed by atoms with Crippen LogP contribution in [0.4, 0.5) is 0 Å². The molecule has 0 spiro atoms. The number of sulfonamides is 1. The smallest absolute Gasteiger partial charge is 0.257 e. The topological polar surface area (TPSA) is 96.1 Å². The van der Waals surface area contributed by atoms with Crippen molar-refractivity contribution in [2.24, 2.45) is 0 Å². The molecule has 1 fully saturated rings. The monoisotopic (exact) mass is 302 g/mol. The Morgan fingerprint density at radius 1 is 1.45 bits per heavy atom. The van der Waals surface area contributed by atoms with Gasteiger partial charge in [-0.05, 0) is 39.3 Å². The van der Waals surface area contributed by atoms with Crippen molar-refractivity contribution in [1.29, 1.82) is 0 Å². The maximum Gasteiger partial charge on any atom is 0.257 e. The molecule has 1 aromatic heterocycles. The van der Waals surface area contributed by atoms with Crippen molar-refractivity contribution in [2.45, 2.75) is 37.3 Å². The van der Waals surface area contributed by atoms with Gasteiger partial charge < -0.3 is 15.0 Å². The first kappa shape index (κ1) is 15.4. The van der Waals surface area contributed by atoms with E-state index in [1.807, 2.05) is 0 Å². The molecule has 0 aliphatic carbocycles. The molecular weight excluding hydrogens is 280 g/mol. The van der Waals surface area contributed by atoms with Gasteiger partial charge in [0.25, 0.3) is 10.0 Å². The van der Waals surface area contributed by atoms with Gasteiger partial charge in [0.1, 0.15) is 5.82 Å². The van der Waals surface area contributed by atoms with Crippen LogP contribution in [0.15, 0.2) is 11.2 Å². The fourth-order valence-electron chi connectivity index (χ4n) is 2.10. The highest BCUT2D eigenvalue weighted by Gasteiger charge is 2.16. The van der Waals surface area contributed by atoms with Crippen LogP contribution in [-0.4, -0.2) is 50.7 Å². The third-order valence-corrected chi connectivity index (χ3v) is 4.59. The molecular formula is C12H22N4O3S. The fraction of sp³-hybridized carbons (Fsp3) is 0.750. The Bertz CT molecular complexity index is 509. The van der Waals surface area contributed by atoms with Crippen molar-refractivity contribution in [1.82, 2.24) is 20.0 Å². The van der Waals surface area contributed by atoms with Gasteiger partial charge in [0.05, 0.1) is 12.3 Å². The molecule has 1 aliphatic heterocycles. The highest BCUT2D eigenvalue weighted by atomic mass is 32.2. The Kier molecular flexibility index (Phi) is 5.53. The molecule has 8 heteroatoms. The van der Waals surface area contributed by atoms with Gasteiger partial charge in [0, 0.05) is 13.2 Å². The molecule has 1 aliphatic rings. The summed E-state index contributed by atoms with van der Waals surface area (Å²) in [7, 11) is -3.48. The number of aromatic amines is 1. The van der Waals surface area contributed by atoms with Gasteiger partial charge in [0.2, 0.25) is 0 Å². The van der Waals surface area contributed by atoms with E-state index in [0.717, 1.165) is 25.9 Å². The van der Waals surface area contributed by atoms with Crippen LogP contribution in [-0.2, 0) is 14.8 Å². The summed E-state index contributed by atoms with van der Waals surface area (Å²) in [5, 5.41) is 3.38. The van der Waals surface area contributed by atoms with Crippen LogP contribution >= 0.6 is 0 Å². The Balaban J connectivity index is 1.65. The van der Waals surface area contributed by atoms with Crippen molar-refractivity contribution in [3.05, 3.63) is 12.0 Å². The number of ether oxygens (including phenoxy) is 1. The fourth-order valence-corrected chi connectivity index (χ4v) is 3.15. The molecule has 0 bridgehead atoms. The van der Waals surface area contributed by atoms with Crippen molar-refractivity contribution < 1.29 is 13.2 Å². The minimum absolute atomic E-state index is 0.106. The van der Waals surface area contributed by atoms with Crippen LogP contribution in [0.25, 0.3) is 0 Å². The molecule has 1 saturated heterocycles. The predicted molar refractivity (Wildman–Crippen MR) is 75.0 cm³/mol. The summed E-state index contributed by atoms with van der Waals surface area (Å²) in [6, 6.07) is 0. The maximum atomic E-state index is 11.9. The number of nitrogens with zero attached hydrogens (tertiary/aromatic N) is 1. The lowest BCUT2D eigenvalue weighted by Crippen LogP contribution is -2.33. The molecule has 2 heterocycles. The predicted octanol–water partition coefficient (Wildman–Crippen LogP) is 0.155. The summed E-state index contributed by atoms with van der Waals surface area (Å²) in [5.41, 5.74) is 0. The van der Waals surface area contributed by atoms with Crippen molar-refractivity contribution in [3.8, 4) is 0 Å². The zero-order valence-corrected chi connectivity index (χ0v) is 12.5. The first-order valence-electron chi connectivity index (χ1n) is 6.91. The molecule has 3 N–H and O–H groups in total. The number of nitrogens with one attached hydrogen (secondary N) is 3.